The number of hydrogen-bond donors (Lipinski definition) is 1. The van der Waals surface area contributed by atoms with Crippen molar-refractivity contribution in [1.29, 1.82) is 0 Å². The Bertz CT molecular complexity index is 745. The highest BCUT2D eigenvalue weighted by Crippen LogP contribution is 2.28. The van der Waals surface area contributed by atoms with Gasteiger partial charge in [-0.05, 0) is 61.4 Å². The maximum Gasteiger partial charge on any atom is 0.271 e. The number of hydrazone groups is 1. The lowest BCUT2D eigenvalue weighted by molar-refractivity contribution is 0.0955. The van der Waals surface area contributed by atoms with Crippen molar-refractivity contribution in [2.45, 2.75) is 26.7 Å². The molecule has 1 N–H and O–H groups in total. The van der Waals surface area contributed by atoms with E-state index in [1.165, 1.54) is 30.5 Å². The minimum Gasteiger partial charge on any atom is -0.490 e. The number of amides is 1. The van der Waals surface area contributed by atoms with E-state index in [9.17, 15) is 9.18 Å². The number of nitrogens with zero attached hydrogens (tertiary/aromatic N) is 1. The van der Waals surface area contributed by atoms with Gasteiger partial charge in [0.2, 0.25) is 0 Å². The summed E-state index contributed by atoms with van der Waals surface area (Å²) in [6, 6.07) is 10.7. The minimum atomic E-state index is -0.411. The van der Waals surface area contributed by atoms with E-state index in [4.69, 9.17) is 9.47 Å². The molecular weight excluding hydrogens is 335 g/mol. The quantitative estimate of drug-likeness (QED) is 0.416. The van der Waals surface area contributed by atoms with E-state index in [0.29, 0.717) is 30.3 Å². The van der Waals surface area contributed by atoms with Crippen LogP contribution in [-0.4, -0.2) is 25.3 Å². The summed E-state index contributed by atoms with van der Waals surface area (Å²) in [5.74, 6) is 0.519. The maximum absolute atomic E-state index is 12.9. The number of ether oxygens (including phenoxy) is 2. The van der Waals surface area contributed by atoms with Gasteiger partial charge in [-0.3, -0.25) is 4.79 Å². The monoisotopic (exact) mass is 358 g/mol. The van der Waals surface area contributed by atoms with E-state index in [0.717, 1.165) is 18.4 Å². The molecule has 5 nitrogen and oxygen atoms in total. The van der Waals surface area contributed by atoms with Gasteiger partial charge in [0.25, 0.3) is 5.91 Å². The fraction of sp³-hybridized carbons (Fsp3) is 0.300. The Morgan fingerprint density at radius 2 is 1.88 bits per heavy atom. The van der Waals surface area contributed by atoms with Gasteiger partial charge < -0.3 is 9.47 Å². The van der Waals surface area contributed by atoms with Gasteiger partial charge in [0.05, 0.1) is 19.4 Å². The molecule has 2 aromatic carbocycles. The van der Waals surface area contributed by atoms with Crippen molar-refractivity contribution in [3.8, 4) is 11.5 Å². The van der Waals surface area contributed by atoms with Gasteiger partial charge in [0, 0.05) is 5.56 Å². The first-order valence-electron chi connectivity index (χ1n) is 8.62. The molecule has 0 heterocycles. The smallest absolute Gasteiger partial charge is 0.271 e. The van der Waals surface area contributed by atoms with E-state index in [1.54, 1.807) is 6.07 Å². The Kier molecular flexibility index (Phi) is 7.61. The van der Waals surface area contributed by atoms with Crippen molar-refractivity contribution >= 4 is 12.1 Å². The third-order valence-electron chi connectivity index (χ3n) is 3.51. The summed E-state index contributed by atoms with van der Waals surface area (Å²) in [6.07, 6.45) is 3.55. The molecule has 138 valence electrons. The molecular formula is C20H23FN2O3. The number of rotatable bonds is 9. The van der Waals surface area contributed by atoms with Gasteiger partial charge in [0.1, 0.15) is 5.82 Å². The summed E-state index contributed by atoms with van der Waals surface area (Å²) in [4.78, 5) is 11.9. The van der Waals surface area contributed by atoms with Crippen LogP contribution in [0, 0.1) is 5.82 Å². The molecule has 26 heavy (non-hydrogen) atoms. The second kappa shape index (κ2) is 10.2. The molecule has 0 atom stereocenters. The summed E-state index contributed by atoms with van der Waals surface area (Å²) in [6.45, 7) is 5.16. The van der Waals surface area contributed by atoms with E-state index < -0.39 is 11.7 Å². The van der Waals surface area contributed by atoms with Crippen LogP contribution in [0.2, 0.25) is 0 Å². The molecule has 0 spiro atoms. The predicted octanol–water partition coefficient (Wildman–Crippen LogP) is 4.17. The summed E-state index contributed by atoms with van der Waals surface area (Å²) in [7, 11) is 0. The van der Waals surface area contributed by atoms with E-state index in [1.807, 2.05) is 19.1 Å². The number of halogens is 1. The lowest BCUT2D eigenvalue weighted by atomic mass is 10.2. The van der Waals surface area contributed by atoms with Crippen LogP contribution in [0.1, 0.15) is 42.6 Å². The predicted molar refractivity (Wildman–Crippen MR) is 99.5 cm³/mol. The molecule has 0 aliphatic heterocycles. The van der Waals surface area contributed by atoms with E-state index >= 15 is 0 Å². The number of nitrogens with one attached hydrogen (secondary N) is 1. The largest absolute Gasteiger partial charge is 0.490 e. The number of carbonyl (C=O) groups is 1. The fourth-order valence-electron chi connectivity index (χ4n) is 2.15. The van der Waals surface area contributed by atoms with Crippen LogP contribution in [0.3, 0.4) is 0 Å². The summed E-state index contributed by atoms with van der Waals surface area (Å²) in [5, 5.41) is 3.93. The van der Waals surface area contributed by atoms with Crippen molar-refractivity contribution < 1.29 is 18.7 Å². The molecule has 0 bridgehead atoms. The summed E-state index contributed by atoms with van der Waals surface area (Å²) < 4.78 is 24.2. The van der Waals surface area contributed by atoms with E-state index in [2.05, 4.69) is 17.5 Å². The van der Waals surface area contributed by atoms with Crippen LogP contribution < -0.4 is 14.9 Å². The highest BCUT2D eigenvalue weighted by atomic mass is 19.1. The highest BCUT2D eigenvalue weighted by molar-refractivity contribution is 5.94. The van der Waals surface area contributed by atoms with Gasteiger partial charge in [-0.1, -0.05) is 13.3 Å². The molecule has 0 unspecified atom stereocenters. The Morgan fingerprint density at radius 3 is 2.58 bits per heavy atom. The van der Waals surface area contributed by atoms with Gasteiger partial charge in [-0.2, -0.15) is 5.10 Å². The first-order valence-corrected chi connectivity index (χ1v) is 8.62. The van der Waals surface area contributed by atoms with E-state index in [-0.39, 0.29) is 0 Å². The second-order valence-corrected chi connectivity index (χ2v) is 5.55. The lowest BCUT2D eigenvalue weighted by Gasteiger charge is -2.12. The van der Waals surface area contributed by atoms with Gasteiger partial charge in [-0.25, -0.2) is 9.82 Å². The van der Waals surface area contributed by atoms with Crippen LogP contribution in [0.25, 0.3) is 0 Å². The van der Waals surface area contributed by atoms with Crippen molar-refractivity contribution in [2.24, 2.45) is 5.10 Å². The second-order valence-electron chi connectivity index (χ2n) is 5.55. The van der Waals surface area contributed by atoms with Crippen LogP contribution >= 0.6 is 0 Å². The number of hydrogen-bond acceptors (Lipinski definition) is 4. The maximum atomic E-state index is 12.9. The third-order valence-corrected chi connectivity index (χ3v) is 3.51. The average molecular weight is 358 g/mol. The molecule has 2 rings (SSSR count). The molecule has 0 saturated carbocycles. The zero-order valence-electron chi connectivity index (χ0n) is 15.0. The van der Waals surface area contributed by atoms with Gasteiger partial charge >= 0.3 is 0 Å². The van der Waals surface area contributed by atoms with Crippen LogP contribution in [-0.2, 0) is 0 Å². The van der Waals surface area contributed by atoms with Crippen molar-refractivity contribution in [3.63, 3.8) is 0 Å². The molecule has 0 aromatic heterocycles. The van der Waals surface area contributed by atoms with Crippen molar-refractivity contribution in [1.82, 2.24) is 5.43 Å². The lowest BCUT2D eigenvalue weighted by Crippen LogP contribution is -2.17. The third kappa shape index (κ3) is 5.88. The molecule has 1 amide bonds. The summed E-state index contributed by atoms with van der Waals surface area (Å²) >= 11 is 0. The van der Waals surface area contributed by atoms with Gasteiger partial charge in [0.15, 0.2) is 11.5 Å². The Hall–Kier alpha value is -2.89. The van der Waals surface area contributed by atoms with Crippen molar-refractivity contribution in [2.75, 3.05) is 13.2 Å². The normalized spacial score (nSPS) is 10.7. The van der Waals surface area contributed by atoms with Crippen LogP contribution in [0.5, 0.6) is 11.5 Å². The zero-order chi connectivity index (χ0) is 18.8. The first-order chi connectivity index (χ1) is 12.6. The number of unbranched alkanes of at least 4 members (excludes halogenated alkanes) is 1. The standard InChI is InChI=1S/C20H23FN2O3/c1-3-5-12-26-18-11-6-15(13-19(18)25-4-2)14-22-23-20(24)16-7-9-17(21)10-8-16/h6-11,13-14H,3-5,12H2,1-2H3,(H,23,24)/b22-14-. The fourth-order valence-corrected chi connectivity index (χ4v) is 2.15. The number of benzene rings is 2. The van der Waals surface area contributed by atoms with Crippen molar-refractivity contribution in [3.05, 3.63) is 59.4 Å². The Labute approximate surface area is 152 Å². The average Bonchev–Trinajstić information content (AvgIpc) is 2.64. The topological polar surface area (TPSA) is 59.9 Å². The molecule has 6 heteroatoms. The molecule has 0 fully saturated rings. The Morgan fingerprint density at radius 1 is 1.12 bits per heavy atom. The minimum absolute atomic E-state index is 0.332. The van der Waals surface area contributed by atoms with Crippen LogP contribution in [0.15, 0.2) is 47.6 Å². The molecule has 0 aliphatic rings. The highest BCUT2D eigenvalue weighted by Gasteiger charge is 2.07. The van der Waals surface area contributed by atoms with Gasteiger partial charge in [-0.15, -0.1) is 0 Å². The molecule has 0 aliphatic carbocycles. The Balaban J connectivity index is 2.01. The summed E-state index contributed by atoms with van der Waals surface area (Å²) in [5.41, 5.74) is 3.50. The molecule has 0 saturated heterocycles. The molecule has 0 radical (unpaired) electrons. The first kappa shape index (κ1) is 19.4. The SMILES string of the molecule is CCCCOc1ccc(/C=N\NC(=O)c2ccc(F)cc2)cc1OCC. The number of carbonyl (C=O) groups excluding carboxylic acids is 1. The van der Waals surface area contributed by atoms with Crippen LogP contribution in [0.4, 0.5) is 4.39 Å². The molecule has 2 aromatic rings. The zero-order valence-corrected chi connectivity index (χ0v) is 15.0.